The van der Waals surface area contributed by atoms with Gasteiger partial charge in [-0.15, -0.1) is 0 Å². The number of benzene rings is 2. The van der Waals surface area contributed by atoms with Crippen molar-refractivity contribution in [3.8, 4) is 5.75 Å². The van der Waals surface area contributed by atoms with Gasteiger partial charge in [-0.3, -0.25) is 9.69 Å². The van der Waals surface area contributed by atoms with Crippen LogP contribution in [0.25, 0.3) is 0 Å². The van der Waals surface area contributed by atoms with Crippen molar-refractivity contribution in [2.45, 2.75) is 58.2 Å². The smallest absolute Gasteiger partial charge is 0.224 e. The summed E-state index contributed by atoms with van der Waals surface area (Å²) in [6.07, 6.45) is 2.65. The summed E-state index contributed by atoms with van der Waals surface area (Å²) < 4.78 is 19.3. The molecule has 4 nitrogen and oxygen atoms in total. The van der Waals surface area contributed by atoms with Gasteiger partial charge in [0.1, 0.15) is 17.2 Å². The van der Waals surface area contributed by atoms with Gasteiger partial charge in [0.15, 0.2) is 0 Å². The molecule has 2 aliphatic heterocycles. The Hall–Kier alpha value is -2.40. The Morgan fingerprint density at radius 2 is 2.00 bits per heavy atom. The average Bonchev–Trinajstić information content (AvgIpc) is 2.70. The van der Waals surface area contributed by atoms with E-state index in [1.54, 1.807) is 0 Å². The molecular formula is C25H31FN2O2. The third-order valence-electron chi connectivity index (χ3n) is 6.13. The number of amides is 1. The predicted molar refractivity (Wildman–Crippen MR) is 116 cm³/mol. The quantitative estimate of drug-likeness (QED) is 0.790. The van der Waals surface area contributed by atoms with E-state index in [-0.39, 0.29) is 29.3 Å². The van der Waals surface area contributed by atoms with Crippen LogP contribution in [0.4, 0.5) is 4.39 Å². The standard InChI is InChI=1S/C25H31FN2O2/c1-17-6-11-23-21(13-17)22(14-25(2,3)30-23)27-24(29)19-5-4-12-28(16-19)15-18-7-9-20(26)10-8-18/h6-11,13,19,22H,4-5,12,14-16H2,1-3H3,(H,27,29)/t19-,22+/m1/s1. The zero-order chi connectivity index (χ0) is 21.3. The van der Waals surface area contributed by atoms with Gasteiger partial charge in [-0.25, -0.2) is 4.39 Å². The SMILES string of the molecule is Cc1ccc2c(c1)[C@@H](NC(=O)[C@@H]1CCCN(Cc3ccc(F)cc3)C1)CC(C)(C)O2. The first-order valence-electron chi connectivity index (χ1n) is 10.9. The second-order valence-corrected chi connectivity index (χ2v) is 9.37. The maximum Gasteiger partial charge on any atom is 0.224 e. The third-order valence-corrected chi connectivity index (χ3v) is 6.13. The molecule has 2 atom stereocenters. The maximum atomic E-state index is 13.2. The number of carbonyl (C=O) groups is 1. The zero-order valence-electron chi connectivity index (χ0n) is 18.1. The summed E-state index contributed by atoms with van der Waals surface area (Å²) in [4.78, 5) is 15.5. The van der Waals surface area contributed by atoms with Crippen molar-refractivity contribution >= 4 is 5.91 Å². The first-order chi connectivity index (χ1) is 14.3. The van der Waals surface area contributed by atoms with Gasteiger partial charge in [-0.1, -0.05) is 29.8 Å². The lowest BCUT2D eigenvalue weighted by Crippen LogP contribution is -2.46. The lowest BCUT2D eigenvalue weighted by atomic mass is 9.88. The van der Waals surface area contributed by atoms with E-state index in [9.17, 15) is 9.18 Å². The van der Waals surface area contributed by atoms with E-state index >= 15 is 0 Å². The van der Waals surface area contributed by atoms with E-state index < -0.39 is 0 Å². The molecule has 1 amide bonds. The Balaban J connectivity index is 1.43. The number of nitrogens with one attached hydrogen (secondary N) is 1. The van der Waals surface area contributed by atoms with Gasteiger partial charge in [0.05, 0.1) is 12.0 Å². The minimum absolute atomic E-state index is 0.0292. The van der Waals surface area contributed by atoms with Crippen LogP contribution in [-0.4, -0.2) is 29.5 Å². The minimum atomic E-state index is -0.318. The Bertz CT molecular complexity index is 910. The Morgan fingerprint density at radius 3 is 2.77 bits per heavy atom. The Morgan fingerprint density at radius 1 is 1.23 bits per heavy atom. The highest BCUT2D eigenvalue weighted by atomic mass is 19.1. The number of ether oxygens (including phenoxy) is 1. The van der Waals surface area contributed by atoms with Crippen molar-refractivity contribution in [1.82, 2.24) is 10.2 Å². The zero-order valence-corrected chi connectivity index (χ0v) is 18.1. The number of carbonyl (C=O) groups excluding carboxylic acids is 1. The van der Waals surface area contributed by atoms with Gasteiger partial charge < -0.3 is 10.1 Å². The van der Waals surface area contributed by atoms with E-state index in [0.29, 0.717) is 0 Å². The van der Waals surface area contributed by atoms with Crippen molar-refractivity contribution in [1.29, 1.82) is 0 Å². The predicted octanol–water partition coefficient (Wildman–Crippen LogP) is 4.76. The van der Waals surface area contributed by atoms with E-state index in [2.05, 4.69) is 37.1 Å². The number of nitrogens with zero attached hydrogens (tertiary/aromatic N) is 1. The summed E-state index contributed by atoms with van der Waals surface area (Å²) in [5.41, 5.74) is 3.00. The number of likely N-dealkylation sites (tertiary alicyclic amines) is 1. The summed E-state index contributed by atoms with van der Waals surface area (Å²) in [5, 5.41) is 3.32. The van der Waals surface area contributed by atoms with Crippen LogP contribution < -0.4 is 10.1 Å². The molecule has 1 saturated heterocycles. The summed E-state index contributed by atoms with van der Waals surface area (Å²) in [7, 11) is 0. The van der Waals surface area contributed by atoms with Crippen molar-refractivity contribution < 1.29 is 13.9 Å². The molecule has 0 bridgehead atoms. The van der Waals surface area contributed by atoms with E-state index in [1.165, 1.54) is 17.7 Å². The fourth-order valence-electron chi connectivity index (χ4n) is 4.65. The lowest BCUT2D eigenvalue weighted by molar-refractivity contribution is -0.128. The second kappa shape index (κ2) is 8.38. The van der Waals surface area contributed by atoms with Crippen LogP contribution in [0.2, 0.25) is 0 Å². The molecule has 0 unspecified atom stereocenters. The van der Waals surface area contributed by atoms with Crippen molar-refractivity contribution in [3.63, 3.8) is 0 Å². The Labute approximate surface area is 178 Å². The molecule has 4 rings (SSSR count). The van der Waals surface area contributed by atoms with Crippen molar-refractivity contribution in [2.24, 2.45) is 5.92 Å². The number of fused-ring (bicyclic) bond motifs is 1. The normalized spacial score (nSPS) is 23.3. The molecule has 1 N–H and O–H groups in total. The van der Waals surface area contributed by atoms with Crippen molar-refractivity contribution in [3.05, 3.63) is 65.0 Å². The molecule has 2 aromatic rings. The fraction of sp³-hybridized carbons (Fsp3) is 0.480. The molecule has 0 aromatic heterocycles. The highest BCUT2D eigenvalue weighted by Crippen LogP contribution is 2.40. The van der Waals surface area contributed by atoms with Crippen LogP contribution in [0, 0.1) is 18.7 Å². The van der Waals surface area contributed by atoms with Crippen LogP contribution in [-0.2, 0) is 11.3 Å². The largest absolute Gasteiger partial charge is 0.487 e. The Kier molecular flexibility index (Phi) is 5.83. The van der Waals surface area contributed by atoms with E-state index in [0.717, 1.165) is 55.8 Å². The molecule has 0 spiro atoms. The molecular weight excluding hydrogens is 379 g/mol. The highest BCUT2D eigenvalue weighted by Gasteiger charge is 2.36. The van der Waals surface area contributed by atoms with Gasteiger partial charge in [0, 0.05) is 25.1 Å². The average molecular weight is 411 g/mol. The third kappa shape index (κ3) is 4.84. The maximum absolute atomic E-state index is 13.2. The topological polar surface area (TPSA) is 41.6 Å². The van der Waals surface area contributed by atoms with Gasteiger partial charge in [-0.2, -0.15) is 0 Å². The summed E-state index contributed by atoms with van der Waals surface area (Å²) in [6, 6.07) is 12.8. The molecule has 0 radical (unpaired) electrons. The van der Waals surface area contributed by atoms with Gasteiger partial charge >= 0.3 is 0 Å². The van der Waals surface area contributed by atoms with Gasteiger partial charge in [0.25, 0.3) is 0 Å². The van der Waals surface area contributed by atoms with Crippen LogP contribution in [0.1, 0.15) is 55.8 Å². The fourth-order valence-corrected chi connectivity index (χ4v) is 4.65. The first kappa shape index (κ1) is 20.9. The molecule has 30 heavy (non-hydrogen) atoms. The minimum Gasteiger partial charge on any atom is -0.487 e. The molecule has 5 heteroatoms. The van der Waals surface area contributed by atoms with Crippen LogP contribution >= 0.6 is 0 Å². The van der Waals surface area contributed by atoms with E-state index in [4.69, 9.17) is 4.74 Å². The number of aryl methyl sites for hydroxylation is 1. The number of hydrogen-bond donors (Lipinski definition) is 1. The second-order valence-electron chi connectivity index (χ2n) is 9.37. The molecule has 160 valence electrons. The van der Waals surface area contributed by atoms with E-state index in [1.807, 2.05) is 24.3 Å². The number of rotatable bonds is 4. The lowest BCUT2D eigenvalue weighted by Gasteiger charge is -2.39. The first-order valence-corrected chi connectivity index (χ1v) is 10.9. The van der Waals surface area contributed by atoms with Crippen LogP contribution in [0.15, 0.2) is 42.5 Å². The van der Waals surface area contributed by atoms with Crippen molar-refractivity contribution in [2.75, 3.05) is 13.1 Å². The monoisotopic (exact) mass is 410 g/mol. The molecule has 0 aliphatic carbocycles. The molecule has 1 fully saturated rings. The molecule has 0 saturated carbocycles. The summed E-state index contributed by atoms with van der Waals surface area (Å²) in [5.74, 6) is 0.737. The molecule has 2 heterocycles. The van der Waals surface area contributed by atoms with Crippen LogP contribution in [0.5, 0.6) is 5.75 Å². The number of halogens is 1. The highest BCUT2D eigenvalue weighted by molar-refractivity contribution is 5.79. The van der Waals surface area contributed by atoms with Gasteiger partial charge in [0.2, 0.25) is 5.91 Å². The number of hydrogen-bond acceptors (Lipinski definition) is 3. The molecule has 2 aliphatic rings. The van der Waals surface area contributed by atoms with Gasteiger partial charge in [-0.05, 0) is 63.9 Å². The number of piperidine rings is 1. The summed E-state index contributed by atoms with van der Waals surface area (Å²) >= 11 is 0. The van der Waals surface area contributed by atoms with Crippen LogP contribution in [0.3, 0.4) is 0 Å². The summed E-state index contributed by atoms with van der Waals surface area (Å²) in [6.45, 7) is 8.65. The molecule has 2 aromatic carbocycles.